The summed E-state index contributed by atoms with van der Waals surface area (Å²) in [6, 6.07) is 111. The molecule has 12 aromatic rings. The average molecular weight is 1100 g/mol. The fourth-order valence-corrected chi connectivity index (χ4v) is 17.2. The molecule has 7 aliphatic rings. The van der Waals surface area contributed by atoms with Gasteiger partial charge in [0.15, 0.2) is 0 Å². The Morgan fingerprint density at radius 1 is 0.126 bits per heavy atom. The Morgan fingerprint density at radius 3 is 0.322 bits per heavy atom. The number of rotatable bonds is 0. The number of hydrogen-bond acceptors (Lipinski definition) is 0. The molecule has 0 spiro atoms. The molecule has 0 aliphatic heterocycles. The minimum atomic E-state index is 0.000858. The highest BCUT2D eigenvalue weighted by Crippen LogP contribution is 2.61. The minimum absolute atomic E-state index is 0.000858. The highest BCUT2D eigenvalue weighted by molar-refractivity contribution is 6.00. The molecule has 12 aromatic carbocycles. The summed E-state index contributed by atoms with van der Waals surface area (Å²) < 4.78 is 0. The molecule has 0 N–H and O–H groups in total. The van der Waals surface area contributed by atoms with Gasteiger partial charge in [-0.1, -0.05) is 291 Å². The summed E-state index contributed by atoms with van der Waals surface area (Å²) in [5.41, 5.74) is 50.4. The molecule has 12 bridgehead atoms. The Balaban J connectivity index is 0.968. The second-order valence-electron chi connectivity index (χ2n) is 24.5. The van der Waals surface area contributed by atoms with E-state index in [4.69, 9.17) is 0 Å². The zero-order chi connectivity index (χ0) is 56.8. The Labute approximate surface area is 507 Å². The topological polar surface area (TPSA) is 0 Å². The van der Waals surface area contributed by atoms with Crippen LogP contribution in [0, 0.1) is 0 Å². The molecule has 0 atom stereocenters. The third-order valence-electron chi connectivity index (χ3n) is 20.5. The first-order valence-electron chi connectivity index (χ1n) is 30.9. The van der Waals surface area contributed by atoms with Crippen LogP contribution < -0.4 is 0 Å². The fourth-order valence-electron chi connectivity index (χ4n) is 17.2. The molecular weight excluding hydrogens is 1040 g/mol. The molecule has 0 heterocycles. The lowest BCUT2D eigenvalue weighted by Gasteiger charge is -2.40. The third kappa shape index (κ3) is 6.93. The summed E-state index contributed by atoms with van der Waals surface area (Å²) in [6.45, 7) is 0. The molecule has 0 nitrogen and oxygen atoms in total. The maximum Gasteiger partial charge on any atom is 0.0322 e. The Bertz CT molecular complexity index is 4090. The van der Waals surface area contributed by atoms with E-state index in [2.05, 4.69) is 308 Å². The molecule has 402 valence electrons. The molecule has 0 aromatic heterocycles. The van der Waals surface area contributed by atoms with E-state index in [0.717, 1.165) is 33.4 Å². The average Bonchev–Trinajstić information content (AvgIpc) is 1.10. The normalized spacial score (nSPS) is 19.6. The van der Waals surface area contributed by atoms with Crippen LogP contribution in [0.4, 0.5) is 0 Å². The third-order valence-corrected chi connectivity index (χ3v) is 20.5. The Kier molecular flexibility index (Phi) is 10.5. The van der Waals surface area contributed by atoms with Crippen molar-refractivity contribution in [3.63, 3.8) is 0 Å². The lowest BCUT2D eigenvalue weighted by molar-refractivity contribution is 0.677. The maximum absolute atomic E-state index is 4.35. The van der Waals surface area contributed by atoms with E-state index in [1.165, 1.54) is 134 Å². The summed E-state index contributed by atoms with van der Waals surface area (Å²) in [5, 5.41) is 0. The van der Waals surface area contributed by atoms with Crippen LogP contribution in [0.25, 0.3) is 33.4 Å². The standard InChI is InChI=1S/C87H54/c1-13-37-64-52(25-1)76-49-77-54-27-3-17-41-68(54)84(69-42-18-4-28-55(69)77)85-70-43-19-7-31-58(70)80(59-32-8-20-44-71(59)85)51-81-62-35-11-23-47-74(62)87(75-48-24-12-36-63(75)81)86-72-45-21-9-33-60(72)79(61-34-10-22-46-73(61)86)50-78-56-29-5-15-39-66(56)83(67-40-16-6-30-57(67)78)82(64)65-38-14-2-26-53(65)76/h1-48,82-87H. The molecule has 87 heavy (non-hydrogen) atoms. The van der Waals surface area contributed by atoms with Gasteiger partial charge in [0, 0.05) is 68.9 Å². The van der Waals surface area contributed by atoms with Gasteiger partial charge < -0.3 is 0 Å². The number of benzene rings is 12. The van der Waals surface area contributed by atoms with Crippen LogP contribution in [0.15, 0.2) is 308 Å². The number of fused-ring (bicyclic) bond motifs is 21. The first-order valence-corrected chi connectivity index (χ1v) is 30.9. The van der Waals surface area contributed by atoms with Crippen molar-refractivity contribution in [1.29, 1.82) is 0 Å². The first kappa shape index (κ1) is 48.6. The summed E-state index contributed by atoms with van der Waals surface area (Å²) in [4.78, 5) is 0. The smallest absolute Gasteiger partial charge is 0.0322 e. The second-order valence-corrected chi connectivity index (χ2v) is 24.5. The van der Waals surface area contributed by atoms with Crippen LogP contribution in [0.3, 0.4) is 0 Å². The summed E-state index contributed by atoms with van der Waals surface area (Å²) in [7, 11) is 0. The van der Waals surface area contributed by atoms with Gasteiger partial charge in [-0.15, -0.1) is 17.2 Å². The lowest BCUT2D eigenvalue weighted by atomic mass is 9.62. The van der Waals surface area contributed by atoms with E-state index >= 15 is 0 Å². The van der Waals surface area contributed by atoms with Crippen LogP contribution in [0.2, 0.25) is 0 Å². The molecule has 0 saturated carbocycles. The van der Waals surface area contributed by atoms with E-state index < -0.39 is 0 Å². The van der Waals surface area contributed by atoms with E-state index in [-0.39, 0.29) is 35.5 Å². The van der Waals surface area contributed by atoms with Gasteiger partial charge in [0.1, 0.15) is 0 Å². The minimum Gasteiger partial charge on any atom is -0.102 e. The Hall–Kier alpha value is -10.8. The number of hydrogen-bond donors (Lipinski definition) is 0. The molecule has 0 radical (unpaired) electrons. The van der Waals surface area contributed by atoms with Gasteiger partial charge in [-0.3, -0.25) is 0 Å². The molecule has 0 amide bonds. The van der Waals surface area contributed by atoms with Crippen molar-refractivity contribution in [2.45, 2.75) is 35.5 Å². The fraction of sp³-hybridized carbons (Fsp3) is 0.0690. The summed E-state index contributed by atoms with van der Waals surface area (Å²) in [5.74, 6) is 0.00515. The second kappa shape index (κ2) is 18.9. The predicted octanol–water partition coefficient (Wildman–Crippen LogP) is 20.3. The van der Waals surface area contributed by atoms with Crippen molar-refractivity contribution in [2.24, 2.45) is 0 Å². The summed E-state index contributed by atoms with van der Waals surface area (Å²) >= 11 is 0. The quantitative estimate of drug-likeness (QED) is 0.133. The molecule has 0 heteroatoms. The van der Waals surface area contributed by atoms with Crippen molar-refractivity contribution in [3.8, 4) is 0 Å². The monoisotopic (exact) mass is 1100 g/mol. The van der Waals surface area contributed by atoms with E-state index in [9.17, 15) is 0 Å². The lowest BCUT2D eigenvalue weighted by Crippen LogP contribution is -2.25. The molecule has 7 aliphatic carbocycles. The molecule has 19 rings (SSSR count). The van der Waals surface area contributed by atoms with Crippen molar-refractivity contribution >= 4 is 33.4 Å². The summed E-state index contributed by atoms with van der Waals surface area (Å²) in [6.07, 6.45) is 0. The maximum atomic E-state index is 4.35. The van der Waals surface area contributed by atoms with E-state index in [1.54, 1.807) is 0 Å². The first-order chi connectivity index (χ1) is 43.2. The van der Waals surface area contributed by atoms with Gasteiger partial charge >= 0.3 is 0 Å². The van der Waals surface area contributed by atoms with Crippen LogP contribution in [0.5, 0.6) is 0 Å². The van der Waals surface area contributed by atoms with E-state index in [1.807, 2.05) is 0 Å². The zero-order valence-electron chi connectivity index (χ0n) is 47.7. The Morgan fingerprint density at radius 2 is 0.218 bits per heavy atom. The molecule has 0 saturated heterocycles. The van der Waals surface area contributed by atoms with Gasteiger partial charge in [-0.2, -0.15) is 0 Å². The van der Waals surface area contributed by atoms with Crippen molar-refractivity contribution < 1.29 is 0 Å². The van der Waals surface area contributed by atoms with Crippen LogP contribution >= 0.6 is 0 Å². The van der Waals surface area contributed by atoms with Crippen molar-refractivity contribution in [1.82, 2.24) is 0 Å². The molecule has 0 fully saturated rings. The van der Waals surface area contributed by atoms with Gasteiger partial charge in [-0.05, 0) is 134 Å². The van der Waals surface area contributed by atoms with Gasteiger partial charge in [0.25, 0.3) is 0 Å². The van der Waals surface area contributed by atoms with Crippen LogP contribution in [0.1, 0.15) is 169 Å². The highest BCUT2D eigenvalue weighted by Gasteiger charge is 2.45. The predicted molar refractivity (Wildman–Crippen MR) is 354 cm³/mol. The van der Waals surface area contributed by atoms with Crippen molar-refractivity contribution in [3.05, 3.63) is 442 Å². The largest absolute Gasteiger partial charge is 0.102 e. The SMILES string of the molecule is C1=C2c3ccccc3C(c3ccccc32)C2c3ccccc3C(=C=C3c4ccccc4C(c4ccccc43)C3c4ccccc4C(=C=C4c5ccccc5C(c5ccccc54)C4c5ccccc5C=1c1ccccc14)c1ccccc13)c1ccccc12. The van der Waals surface area contributed by atoms with Gasteiger partial charge in [0.2, 0.25) is 0 Å². The van der Waals surface area contributed by atoms with Gasteiger partial charge in [-0.25, -0.2) is 0 Å². The molecular formula is C87H54. The van der Waals surface area contributed by atoms with Crippen LogP contribution in [-0.2, 0) is 0 Å². The van der Waals surface area contributed by atoms with Gasteiger partial charge in [0.05, 0.1) is 0 Å². The highest BCUT2D eigenvalue weighted by atomic mass is 14.5. The zero-order valence-corrected chi connectivity index (χ0v) is 47.7. The van der Waals surface area contributed by atoms with E-state index in [0.29, 0.717) is 0 Å². The van der Waals surface area contributed by atoms with Crippen LogP contribution in [-0.4, -0.2) is 0 Å². The van der Waals surface area contributed by atoms with Crippen molar-refractivity contribution in [2.75, 3.05) is 0 Å². The molecule has 0 unspecified atom stereocenters.